The predicted octanol–water partition coefficient (Wildman–Crippen LogP) is 0.910. The molecule has 0 aliphatic carbocycles. The molecule has 0 bridgehead atoms. The first-order valence-corrected chi connectivity index (χ1v) is 6.50. The van der Waals surface area contributed by atoms with Crippen molar-refractivity contribution in [2.45, 2.75) is 32.7 Å². The van der Waals surface area contributed by atoms with E-state index in [0.29, 0.717) is 17.8 Å². The van der Waals surface area contributed by atoms with Crippen LogP contribution in [-0.4, -0.2) is 30.0 Å². The average Bonchev–Trinajstić information content (AvgIpc) is 2.39. The lowest BCUT2D eigenvalue weighted by Gasteiger charge is -2.18. The maximum absolute atomic E-state index is 11.9. The summed E-state index contributed by atoms with van der Waals surface area (Å²) in [6.45, 7) is 3.95. The van der Waals surface area contributed by atoms with Gasteiger partial charge in [-0.15, -0.1) is 0 Å². The van der Waals surface area contributed by atoms with Crippen LogP contribution in [0.5, 0.6) is 0 Å². The summed E-state index contributed by atoms with van der Waals surface area (Å²) in [4.78, 5) is 27.6. The molecule has 1 aromatic heterocycles. The SMILES string of the molecule is COC(=O)C(CC(C)C)NC(=O)Cc1ccc(N)cn1. The first-order chi connectivity index (χ1) is 9.42. The Bertz CT molecular complexity index is 457. The third kappa shape index (κ3) is 5.26. The van der Waals surface area contributed by atoms with Gasteiger partial charge in [0.25, 0.3) is 0 Å². The molecule has 0 aliphatic heterocycles. The van der Waals surface area contributed by atoms with Crippen LogP contribution in [0.3, 0.4) is 0 Å². The van der Waals surface area contributed by atoms with Crippen molar-refractivity contribution >= 4 is 17.6 Å². The number of esters is 1. The van der Waals surface area contributed by atoms with Crippen molar-refractivity contribution in [3.05, 3.63) is 24.0 Å². The summed E-state index contributed by atoms with van der Waals surface area (Å²) in [6.07, 6.45) is 2.13. The highest BCUT2D eigenvalue weighted by atomic mass is 16.5. The van der Waals surface area contributed by atoms with E-state index in [-0.39, 0.29) is 18.2 Å². The Balaban J connectivity index is 2.61. The number of carbonyl (C=O) groups excluding carboxylic acids is 2. The number of nitrogens with one attached hydrogen (secondary N) is 1. The van der Waals surface area contributed by atoms with Crippen LogP contribution < -0.4 is 11.1 Å². The molecule has 0 aromatic carbocycles. The van der Waals surface area contributed by atoms with E-state index >= 15 is 0 Å². The quantitative estimate of drug-likeness (QED) is 0.755. The van der Waals surface area contributed by atoms with Crippen LogP contribution in [0.15, 0.2) is 18.3 Å². The van der Waals surface area contributed by atoms with Gasteiger partial charge >= 0.3 is 5.97 Å². The maximum Gasteiger partial charge on any atom is 0.328 e. The highest BCUT2D eigenvalue weighted by Crippen LogP contribution is 2.07. The third-order valence-electron chi connectivity index (χ3n) is 2.72. The van der Waals surface area contributed by atoms with E-state index in [1.165, 1.54) is 13.3 Å². The molecule has 1 aromatic rings. The van der Waals surface area contributed by atoms with Gasteiger partial charge in [0.15, 0.2) is 0 Å². The summed E-state index contributed by atoms with van der Waals surface area (Å²) in [5.41, 5.74) is 6.67. The number of methoxy groups -OCH3 is 1. The van der Waals surface area contributed by atoms with Gasteiger partial charge < -0.3 is 15.8 Å². The van der Waals surface area contributed by atoms with Crippen LogP contribution >= 0.6 is 0 Å². The van der Waals surface area contributed by atoms with Crippen LogP contribution in [0.2, 0.25) is 0 Å². The third-order valence-corrected chi connectivity index (χ3v) is 2.72. The molecule has 1 heterocycles. The smallest absolute Gasteiger partial charge is 0.328 e. The van der Waals surface area contributed by atoms with Gasteiger partial charge in [0.1, 0.15) is 6.04 Å². The molecule has 0 aliphatic rings. The van der Waals surface area contributed by atoms with Gasteiger partial charge in [-0.2, -0.15) is 0 Å². The van der Waals surface area contributed by atoms with Gasteiger partial charge in [-0.1, -0.05) is 13.8 Å². The van der Waals surface area contributed by atoms with Gasteiger partial charge in [0.2, 0.25) is 5.91 Å². The summed E-state index contributed by atoms with van der Waals surface area (Å²) in [5.74, 6) is -0.426. The van der Waals surface area contributed by atoms with Gasteiger partial charge in [-0.05, 0) is 24.5 Å². The van der Waals surface area contributed by atoms with Crippen molar-refractivity contribution in [2.24, 2.45) is 5.92 Å². The topological polar surface area (TPSA) is 94.3 Å². The molecule has 6 heteroatoms. The average molecular weight is 279 g/mol. The Labute approximate surface area is 118 Å². The van der Waals surface area contributed by atoms with Crippen molar-refractivity contribution < 1.29 is 14.3 Å². The number of hydrogen-bond acceptors (Lipinski definition) is 5. The second kappa shape index (κ2) is 7.47. The number of ether oxygens (including phenoxy) is 1. The minimum absolute atomic E-state index is 0.103. The zero-order valence-electron chi connectivity index (χ0n) is 12.1. The fourth-order valence-electron chi connectivity index (χ4n) is 1.78. The van der Waals surface area contributed by atoms with Gasteiger partial charge in [0.05, 0.1) is 25.4 Å². The van der Waals surface area contributed by atoms with Crippen molar-refractivity contribution in [1.29, 1.82) is 0 Å². The number of anilines is 1. The van der Waals surface area contributed by atoms with Crippen LogP contribution in [0.25, 0.3) is 0 Å². The lowest BCUT2D eigenvalue weighted by atomic mass is 10.0. The Kier molecular flexibility index (Phi) is 5.96. The van der Waals surface area contributed by atoms with E-state index < -0.39 is 12.0 Å². The molecule has 0 radical (unpaired) electrons. The fraction of sp³-hybridized carbons (Fsp3) is 0.500. The summed E-state index contributed by atoms with van der Waals surface area (Å²) >= 11 is 0. The number of pyridine rings is 1. The van der Waals surface area contributed by atoms with Crippen molar-refractivity contribution in [3.8, 4) is 0 Å². The monoisotopic (exact) mass is 279 g/mol. The predicted molar refractivity (Wildman–Crippen MR) is 75.8 cm³/mol. The molecule has 0 spiro atoms. The van der Waals surface area contributed by atoms with Crippen LogP contribution in [0.4, 0.5) is 5.69 Å². The first-order valence-electron chi connectivity index (χ1n) is 6.50. The zero-order chi connectivity index (χ0) is 15.1. The summed E-state index contributed by atoms with van der Waals surface area (Å²) in [7, 11) is 1.31. The molecule has 1 rings (SSSR count). The summed E-state index contributed by atoms with van der Waals surface area (Å²) in [5, 5.41) is 2.68. The minimum atomic E-state index is -0.624. The van der Waals surface area contributed by atoms with Gasteiger partial charge in [0, 0.05) is 5.69 Å². The summed E-state index contributed by atoms with van der Waals surface area (Å²) < 4.78 is 4.69. The number of carbonyl (C=O) groups is 2. The van der Waals surface area contributed by atoms with E-state index in [2.05, 4.69) is 10.3 Å². The molecule has 6 nitrogen and oxygen atoms in total. The second-order valence-electron chi connectivity index (χ2n) is 5.03. The molecular formula is C14H21N3O3. The van der Waals surface area contributed by atoms with E-state index in [1.54, 1.807) is 12.1 Å². The standard InChI is InChI=1S/C14H21N3O3/c1-9(2)6-12(14(19)20-3)17-13(18)7-11-5-4-10(15)8-16-11/h4-5,8-9,12H,6-7,15H2,1-3H3,(H,17,18). The highest BCUT2D eigenvalue weighted by molar-refractivity contribution is 5.85. The number of nitrogen functional groups attached to an aromatic ring is 1. The van der Waals surface area contributed by atoms with Crippen LogP contribution in [0, 0.1) is 5.92 Å². The molecule has 0 saturated heterocycles. The van der Waals surface area contributed by atoms with E-state index in [0.717, 1.165) is 0 Å². The Morgan fingerprint density at radius 1 is 1.40 bits per heavy atom. The minimum Gasteiger partial charge on any atom is -0.467 e. The number of amides is 1. The normalized spacial score (nSPS) is 12.0. The highest BCUT2D eigenvalue weighted by Gasteiger charge is 2.22. The van der Waals surface area contributed by atoms with E-state index in [1.807, 2.05) is 13.8 Å². The lowest BCUT2D eigenvalue weighted by Crippen LogP contribution is -2.43. The molecule has 20 heavy (non-hydrogen) atoms. The molecule has 3 N–H and O–H groups in total. The van der Waals surface area contributed by atoms with Crippen molar-refractivity contribution in [1.82, 2.24) is 10.3 Å². The van der Waals surface area contributed by atoms with Crippen LogP contribution in [-0.2, 0) is 20.7 Å². The summed E-state index contributed by atoms with van der Waals surface area (Å²) in [6, 6.07) is 2.74. The lowest BCUT2D eigenvalue weighted by molar-refractivity contribution is -0.145. The first kappa shape index (κ1) is 15.9. The van der Waals surface area contributed by atoms with E-state index in [4.69, 9.17) is 10.5 Å². The van der Waals surface area contributed by atoms with Crippen molar-refractivity contribution in [2.75, 3.05) is 12.8 Å². The number of nitrogens with two attached hydrogens (primary N) is 1. The van der Waals surface area contributed by atoms with Gasteiger partial charge in [-0.3, -0.25) is 9.78 Å². The molecule has 110 valence electrons. The number of nitrogens with zero attached hydrogens (tertiary/aromatic N) is 1. The van der Waals surface area contributed by atoms with Crippen LogP contribution in [0.1, 0.15) is 26.0 Å². The number of aromatic nitrogens is 1. The number of hydrogen-bond donors (Lipinski definition) is 2. The Morgan fingerprint density at radius 3 is 2.60 bits per heavy atom. The fourth-order valence-corrected chi connectivity index (χ4v) is 1.78. The molecule has 1 unspecified atom stereocenters. The zero-order valence-corrected chi connectivity index (χ0v) is 12.1. The Hall–Kier alpha value is -2.11. The molecule has 0 saturated carbocycles. The maximum atomic E-state index is 11.9. The second-order valence-corrected chi connectivity index (χ2v) is 5.03. The molecular weight excluding hydrogens is 258 g/mol. The molecule has 1 amide bonds. The van der Waals surface area contributed by atoms with Crippen molar-refractivity contribution in [3.63, 3.8) is 0 Å². The molecule has 1 atom stereocenters. The van der Waals surface area contributed by atoms with Gasteiger partial charge in [-0.25, -0.2) is 4.79 Å². The number of rotatable bonds is 6. The van der Waals surface area contributed by atoms with E-state index in [9.17, 15) is 9.59 Å². The Morgan fingerprint density at radius 2 is 2.10 bits per heavy atom. The molecule has 0 fully saturated rings. The largest absolute Gasteiger partial charge is 0.467 e.